The van der Waals surface area contributed by atoms with E-state index in [0.717, 1.165) is 24.3 Å². The number of aliphatic imine (C=N–C) groups is 1. The molecular weight excluding hydrogens is 416 g/mol. The largest absolute Gasteiger partial charge is 0.505 e. The van der Waals surface area contributed by atoms with E-state index in [-0.39, 0.29) is 33.8 Å². The van der Waals surface area contributed by atoms with E-state index in [2.05, 4.69) is 22.4 Å². The number of nitrogens with zero attached hydrogens (tertiary/aromatic N) is 1. The van der Waals surface area contributed by atoms with Gasteiger partial charge in [0.2, 0.25) is 0 Å². The minimum atomic E-state index is -1.80. The average Bonchev–Trinajstić information content (AvgIpc) is 2.99. The van der Waals surface area contributed by atoms with E-state index >= 15 is 0 Å². The number of ether oxygens (including phenoxy) is 2. The number of isothiocyanates is 1. The number of hydrogen-bond donors (Lipinski definition) is 2. The number of halogens is 2. The Bertz CT molecular complexity index is 1280. The van der Waals surface area contributed by atoms with Gasteiger partial charge in [0.1, 0.15) is 11.5 Å². The molecule has 0 aromatic heterocycles. The quantitative estimate of drug-likeness (QED) is 0.334. The lowest BCUT2D eigenvalue weighted by atomic mass is 9.77. The molecule has 0 bridgehead atoms. The van der Waals surface area contributed by atoms with E-state index < -0.39 is 34.7 Å². The zero-order chi connectivity index (χ0) is 21.2. The van der Waals surface area contributed by atoms with Gasteiger partial charge in [-0.15, -0.1) is 0 Å². The van der Waals surface area contributed by atoms with Crippen molar-refractivity contribution in [1.29, 1.82) is 0 Å². The standard InChI is InChI=1S/C21H9F2NO5S/c22-14-4-12-18(6-16(14)25)28-19-7-17(26)15(23)5-13(19)21(12)11-3-9(24-8-30)1-2-10(11)20(27)29-21/h1-7,25-26H. The van der Waals surface area contributed by atoms with Crippen molar-refractivity contribution in [2.75, 3.05) is 0 Å². The minimum Gasteiger partial charge on any atom is -0.505 e. The summed E-state index contributed by atoms with van der Waals surface area (Å²) in [4.78, 5) is 16.6. The summed E-state index contributed by atoms with van der Waals surface area (Å²) in [6, 6.07) is 8.41. The van der Waals surface area contributed by atoms with Crippen LogP contribution in [0.4, 0.5) is 14.5 Å². The number of rotatable bonds is 1. The number of esters is 1. The van der Waals surface area contributed by atoms with Crippen molar-refractivity contribution in [1.82, 2.24) is 0 Å². The number of thiocarbonyl (C=S) groups is 1. The van der Waals surface area contributed by atoms with Crippen LogP contribution in [-0.4, -0.2) is 21.3 Å². The first-order valence-corrected chi connectivity index (χ1v) is 8.95. The highest BCUT2D eigenvalue weighted by atomic mass is 32.1. The molecule has 0 saturated heterocycles. The van der Waals surface area contributed by atoms with E-state index in [1.807, 2.05) is 0 Å². The minimum absolute atomic E-state index is 0.0307. The summed E-state index contributed by atoms with van der Waals surface area (Å²) < 4.78 is 40.1. The molecule has 0 unspecified atom stereocenters. The van der Waals surface area contributed by atoms with Gasteiger partial charge in [-0.3, -0.25) is 0 Å². The highest BCUT2D eigenvalue weighted by molar-refractivity contribution is 7.78. The second-order valence-corrected chi connectivity index (χ2v) is 6.89. The normalized spacial score (nSPS) is 14.8. The third-order valence-electron chi connectivity index (χ3n) is 5.10. The predicted molar refractivity (Wildman–Crippen MR) is 103 cm³/mol. The van der Waals surface area contributed by atoms with Gasteiger partial charge in [-0.2, -0.15) is 4.99 Å². The van der Waals surface area contributed by atoms with Crippen molar-refractivity contribution in [3.05, 3.63) is 76.4 Å². The fourth-order valence-electron chi connectivity index (χ4n) is 3.84. The van der Waals surface area contributed by atoms with Gasteiger partial charge in [-0.1, -0.05) is 0 Å². The molecule has 6 nitrogen and oxygen atoms in total. The van der Waals surface area contributed by atoms with Crippen LogP contribution in [0.3, 0.4) is 0 Å². The summed E-state index contributed by atoms with van der Waals surface area (Å²) in [5, 5.41) is 21.8. The summed E-state index contributed by atoms with van der Waals surface area (Å²) >= 11 is 4.63. The highest BCUT2D eigenvalue weighted by Crippen LogP contribution is 2.58. The Kier molecular flexibility index (Phi) is 3.70. The average molecular weight is 425 g/mol. The Balaban J connectivity index is 1.93. The van der Waals surface area contributed by atoms with Crippen molar-refractivity contribution in [3.63, 3.8) is 0 Å². The van der Waals surface area contributed by atoms with Gasteiger partial charge in [-0.25, -0.2) is 13.6 Å². The maximum atomic E-state index is 14.3. The number of carbonyl (C=O) groups excluding carboxylic acids is 1. The second kappa shape index (κ2) is 6.09. The van der Waals surface area contributed by atoms with Crippen LogP contribution in [0.1, 0.15) is 27.0 Å². The van der Waals surface area contributed by atoms with Crippen LogP contribution in [0.2, 0.25) is 0 Å². The van der Waals surface area contributed by atoms with Gasteiger partial charge in [0.25, 0.3) is 0 Å². The molecular formula is C21H9F2NO5S. The third kappa shape index (κ3) is 2.30. The van der Waals surface area contributed by atoms with Gasteiger partial charge < -0.3 is 19.7 Å². The summed E-state index contributed by atoms with van der Waals surface area (Å²) in [5.41, 5.74) is -0.990. The smallest absolute Gasteiger partial charge is 0.340 e. The summed E-state index contributed by atoms with van der Waals surface area (Å²) in [5.74, 6) is -4.16. The summed E-state index contributed by atoms with van der Waals surface area (Å²) in [6.07, 6.45) is 0. The molecule has 3 aromatic rings. The predicted octanol–water partition coefficient (Wildman–Crippen LogP) is 4.68. The van der Waals surface area contributed by atoms with E-state index in [9.17, 15) is 23.8 Å². The molecule has 0 radical (unpaired) electrons. The maximum Gasteiger partial charge on any atom is 0.340 e. The molecule has 30 heavy (non-hydrogen) atoms. The van der Waals surface area contributed by atoms with Crippen molar-refractivity contribution >= 4 is 29.0 Å². The SMILES string of the molecule is O=C1OC2(c3cc(F)c(O)cc3Oc3cc(O)c(F)cc32)c2cc(N=C=S)ccc21. The maximum absolute atomic E-state index is 14.3. The molecule has 2 aliphatic heterocycles. The molecule has 2 N–H and O–H groups in total. The Labute approximate surface area is 172 Å². The molecule has 2 heterocycles. The van der Waals surface area contributed by atoms with Crippen LogP contribution >= 0.6 is 12.2 Å². The molecule has 0 saturated carbocycles. The monoisotopic (exact) mass is 425 g/mol. The molecule has 0 aliphatic carbocycles. The molecule has 3 aromatic carbocycles. The van der Waals surface area contributed by atoms with Crippen molar-refractivity contribution in [2.45, 2.75) is 5.60 Å². The third-order valence-corrected chi connectivity index (χ3v) is 5.19. The second-order valence-electron chi connectivity index (χ2n) is 6.71. The van der Waals surface area contributed by atoms with Crippen molar-refractivity contribution in [2.24, 2.45) is 4.99 Å². The summed E-state index contributed by atoms with van der Waals surface area (Å²) in [7, 11) is 0. The van der Waals surface area contributed by atoms with E-state index in [4.69, 9.17) is 9.47 Å². The van der Waals surface area contributed by atoms with Crippen LogP contribution < -0.4 is 4.74 Å². The molecule has 9 heteroatoms. The van der Waals surface area contributed by atoms with Crippen LogP contribution in [0.25, 0.3) is 0 Å². The van der Waals surface area contributed by atoms with Crippen LogP contribution in [0.5, 0.6) is 23.0 Å². The molecule has 0 amide bonds. The van der Waals surface area contributed by atoms with Crippen LogP contribution in [0, 0.1) is 11.6 Å². The van der Waals surface area contributed by atoms with Crippen LogP contribution in [0.15, 0.2) is 47.5 Å². The first kappa shape index (κ1) is 18.2. The fourth-order valence-corrected chi connectivity index (χ4v) is 3.95. The Morgan fingerprint density at radius 3 is 2.10 bits per heavy atom. The number of phenols is 2. The molecule has 0 atom stereocenters. The van der Waals surface area contributed by atoms with Gasteiger partial charge in [0.05, 0.1) is 27.5 Å². The Hall–Kier alpha value is -3.81. The Morgan fingerprint density at radius 1 is 0.933 bits per heavy atom. The van der Waals surface area contributed by atoms with Crippen LogP contribution in [-0.2, 0) is 10.3 Å². The van der Waals surface area contributed by atoms with Crippen molar-refractivity contribution in [3.8, 4) is 23.0 Å². The zero-order valence-electron chi connectivity index (χ0n) is 14.8. The molecule has 0 fully saturated rings. The highest BCUT2D eigenvalue weighted by Gasteiger charge is 2.54. The number of fused-ring (bicyclic) bond motifs is 6. The number of hydrogen-bond acceptors (Lipinski definition) is 7. The zero-order valence-corrected chi connectivity index (χ0v) is 15.6. The first-order valence-electron chi connectivity index (χ1n) is 8.54. The van der Waals surface area contributed by atoms with E-state index in [0.29, 0.717) is 5.69 Å². The molecule has 5 rings (SSSR count). The first-order chi connectivity index (χ1) is 14.3. The molecule has 148 valence electrons. The van der Waals surface area contributed by atoms with Gasteiger partial charge in [0.15, 0.2) is 28.7 Å². The molecule has 1 spiro atoms. The van der Waals surface area contributed by atoms with Gasteiger partial charge in [-0.05, 0) is 42.5 Å². The lowest BCUT2D eigenvalue weighted by Gasteiger charge is -2.36. The number of carbonyl (C=O) groups is 1. The van der Waals surface area contributed by atoms with Gasteiger partial charge in [0, 0.05) is 17.7 Å². The lowest BCUT2D eigenvalue weighted by Crippen LogP contribution is -2.33. The number of aromatic hydroxyl groups is 2. The Morgan fingerprint density at radius 2 is 1.53 bits per heavy atom. The van der Waals surface area contributed by atoms with E-state index in [1.165, 1.54) is 18.2 Å². The fraction of sp³-hybridized carbons (Fsp3) is 0.0476. The van der Waals surface area contributed by atoms with Crippen molar-refractivity contribution < 1.29 is 33.3 Å². The van der Waals surface area contributed by atoms with E-state index in [1.54, 1.807) is 0 Å². The number of phenolic OH excluding ortho intramolecular Hbond substituents is 2. The summed E-state index contributed by atoms with van der Waals surface area (Å²) in [6.45, 7) is 0. The van der Waals surface area contributed by atoms with Gasteiger partial charge >= 0.3 is 5.97 Å². The lowest BCUT2D eigenvalue weighted by molar-refractivity contribution is 0.0221. The number of benzene rings is 3. The topological polar surface area (TPSA) is 88.4 Å². The molecule has 2 aliphatic rings.